The van der Waals surface area contributed by atoms with E-state index in [9.17, 15) is 14.9 Å². The van der Waals surface area contributed by atoms with Gasteiger partial charge in [-0.25, -0.2) is 4.79 Å². The van der Waals surface area contributed by atoms with Crippen molar-refractivity contribution >= 4 is 46.2 Å². The number of halogens is 1. The van der Waals surface area contributed by atoms with Gasteiger partial charge < -0.3 is 24.3 Å². The first kappa shape index (κ1) is 27.5. The molecule has 0 heterocycles. The maximum absolute atomic E-state index is 12.8. The van der Waals surface area contributed by atoms with Gasteiger partial charge in [-0.1, -0.05) is 30.3 Å². The SMILES string of the molecule is CCOc1cc(/C=C(\C#N)C(=O)Nc2ccc(OCc3ccccc3)cc2)cc(I)c1OCC(=O)OC. The van der Waals surface area contributed by atoms with E-state index in [4.69, 9.17) is 14.2 Å². The summed E-state index contributed by atoms with van der Waals surface area (Å²) in [4.78, 5) is 24.2. The molecule has 8 nitrogen and oxygen atoms in total. The number of methoxy groups -OCH3 is 1. The predicted octanol–water partition coefficient (Wildman–Crippen LogP) is 5.37. The molecule has 0 aliphatic carbocycles. The molecule has 0 aliphatic heterocycles. The van der Waals surface area contributed by atoms with Gasteiger partial charge in [0.25, 0.3) is 5.91 Å². The third kappa shape index (κ3) is 8.25. The Hall–Kier alpha value is -4.04. The summed E-state index contributed by atoms with van der Waals surface area (Å²) in [6, 6.07) is 22.0. The van der Waals surface area contributed by atoms with Crippen LogP contribution in [0.1, 0.15) is 18.1 Å². The highest BCUT2D eigenvalue weighted by molar-refractivity contribution is 14.1. The summed E-state index contributed by atoms with van der Waals surface area (Å²) in [5, 5.41) is 12.3. The number of nitriles is 1. The number of nitrogens with zero attached hydrogens (tertiary/aromatic N) is 1. The van der Waals surface area contributed by atoms with Crippen molar-refractivity contribution in [1.29, 1.82) is 5.26 Å². The van der Waals surface area contributed by atoms with Crippen LogP contribution in [0.15, 0.2) is 72.3 Å². The van der Waals surface area contributed by atoms with Gasteiger partial charge in [-0.05, 0) is 83.1 Å². The topological polar surface area (TPSA) is 107 Å². The zero-order valence-corrected chi connectivity index (χ0v) is 22.5. The molecule has 0 radical (unpaired) electrons. The first-order valence-corrected chi connectivity index (χ1v) is 12.4. The fraction of sp³-hybridized carbons (Fsp3) is 0.179. The van der Waals surface area contributed by atoms with Gasteiger partial charge in [0.05, 0.1) is 17.3 Å². The Morgan fingerprint density at radius 1 is 1.03 bits per heavy atom. The maximum atomic E-state index is 12.8. The molecule has 190 valence electrons. The number of benzene rings is 3. The lowest BCUT2D eigenvalue weighted by molar-refractivity contribution is -0.142. The predicted molar refractivity (Wildman–Crippen MR) is 147 cm³/mol. The first-order valence-electron chi connectivity index (χ1n) is 11.3. The van der Waals surface area contributed by atoms with Crippen LogP contribution in [0.25, 0.3) is 6.08 Å². The highest BCUT2D eigenvalue weighted by atomic mass is 127. The highest BCUT2D eigenvalue weighted by Gasteiger charge is 2.16. The summed E-state index contributed by atoms with van der Waals surface area (Å²) in [5.41, 5.74) is 2.05. The number of hydrogen-bond acceptors (Lipinski definition) is 7. The molecule has 0 spiro atoms. The van der Waals surface area contributed by atoms with Crippen molar-refractivity contribution in [2.24, 2.45) is 0 Å². The Labute approximate surface area is 228 Å². The van der Waals surface area contributed by atoms with Gasteiger partial charge in [-0.3, -0.25) is 4.79 Å². The van der Waals surface area contributed by atoms with Crippen molar-refractivity contribution in [2.45, 2.75) is 13.5 Å². The molecule has 9 heteroatoms. The van der Waals surface area contributed by atoms with Gasteiger partial charge in [0, 0.05) is 5.69 Å². The van der Waals surface area contributed by atoms with Crippen LogP contribution in [-0.2, 0) is 20.9 Å². The average Bonchev–Trinajstić information content (AvgIpc) is 2.91. The van der Waals surface area contributed by atoms with Gasteiger partial charge >= 0.3 is 5.97 Å². The molecule has 37 heavy (non-hydrogen) atoms. The summed E-state index contributed by atoms with van der Waals surface area (Å²) in [7, 11) is 1.27. The molecule has 0 bridgehead atoms. The zero-order chi connectivity index (χ0) is 26.6. The second-order valence-corrected chi connectivity index (χ2v) is 8.71. The van der Waals surface area contributed by atoms with Crippen molar-refractivity contribution < 1.29 is 28.5 Å². The molecule has 0 saturated carbocycles. The van der Waals surface area contributed by atoms with E-state index in [1.165, 1.54) is 13.2 Å². The average molecular weight is 612 g/mol. The molecule has 0 aromatic heterocycles. The van der Waals surface area contributed by atoms with Crippen molar-refractivity contribution in [3.63, 3.8) is 0 Å². The van der Waals surface area contributed by atoms with Crippen LogP contribution < -0.4 is 19.5 Å². The van der Waals surface area contributed by atoms with Crippen molar-refractivity contribution in [1.82, 2.24) is 0 Å². The van der Waals surface area contributed by atoms with Crippen molar-refractivity contribution in [2.75, 3.05) is 25.6 Å². The number of esters is 1. The third-order valence-corrected chi connectivity index (χ3v) is 5.73. The molecule has 1 amide bonds. The molecule has 0 saturated heterocycles. The van der Waals surface area contributed by atoms with E-state index in [0.717, 1.165) is 5.56 Å². The standard InChI is InChI=1S/C28H25IN2O6/c1-3-35-25-15-20(14-24(29)27(25)37-18-26(32)34-2)13-21(16-30)28(33)31-22-9-11-23(12-10-22)36-17-19-7-5-4-6-8-19/h4-15H,3,17-18H2,1-2H3,(H,31,33)/b21-13+. The van der Waals surface area contributed by atoms with Crippen molar-refractivity contribution in [3.8, 4) is 23.3 Å². The molecule has 1 N–H and O–H groups in total. The van der Waals surface area contributed by atoms with Gasteiger partial charge in [0.15, 0.2) is 18.1 Å². The molecule has 3 aromatic rings. The van der Waals surface area contributed by atoms with E-state index in [-0.39, 0.29) is 12.2 Å². The molecule has 0 atom stereocenters. The van der Waals surface area contributed by atoms with E-state index >= 15 is 0 Å². The zero-order valence-electron chi connectivity index (χ0n) is 20.3. The van der Waals surface area contributed by atoms with Crippen LogP contribution in [0.5, 0.6) is 17.2 Å². The first-order chi connectivity index (χ1) is 17.9. The lowest BCUT2D eigenvalue weighted by atomic mass is 10.1. The van der Waals surface area contributed by atoms with Crippen LogP contribution in [0.4, 0.5) is 5.69 Å². The molecule has 0 fully saturated rings. The number of amides is 1. The highest BCUT2D eigenvalue weighted by Crippen LogP contribution is 2.35. The lowest BCUT2D eigenvalue weighted by Crippen LogP contribution is -2.14. The van der Waals surface area contributed by atoms with Crippen molar-refractivity contribution in [3.05, 3.63) is 87.0 Å². The fourth-order valence-electron chi connectivity index (χ4n) is 3.15. The van der Waals surface area contributed by atoms with E-state index in [2.05, 4.69) is 10.1 Å². The molecular formula is C28H25IN2O6. The van der Waals surface area contributed by atoms with Gasteiger partial charge in [-0.2, -0.15) is 5.26 Å². The number of carbonyl (C=O) groups is 2. The number of hydrogen-bond donors (Lipinski definition) is 1. The Balaban J connectivity index is 1.70. The molecule has 3 aromatic carbocycles. The summed E-state index contributed by atoms with van der Waals surface area (Å²) in [5.74, 6) is 0.335. The number of ether oxygens (including phenoxy) is 4. The Morgan fingerprint density at radius 3 is 2.41 bits per heavy atom. The number of carbonyl (C=O) groups excluding carboxylic acids is 2. The Morgan fingerprint density at radius 2 is 1.76 bits per heavy atom. The smallest absolute Gasteiger partial charge is 0.343 e. The van der Waals surface area contributed by atoms with Gasteiger partial charge in [-0.15, -0.1) is 0 Å². The fourth-order valence-corrected chi connectivity index (χ4v) is 3.93. The van der Waals surface area contributed by atoms with Gasteiger partial charge in [0.1, 0.15) is 24.0 Å². The molecule has 0 unspecified atom stereocenters. The summed E-state index contributed by atoms with van der Waals surface area (Å²) in [6.07, 6.45) is 1.46. The summed E-state index contributed by atoms with van der Waals surface area (Å²) in [6.45, 7) is 2.33. The van der Waals surface area contributed by atoms with Crippen LogP contribution in [0, 0.1) is 14.9 Å². The summed E-state index contributed by atoms with van der Waals surface area (Å²) < 4.78 is 22.2. The Kier molecular flexibility index (Phi) is 10.3. The minimum Gasteiger partial charge on any atom is -0.490 e. The second kappa shape index (κ2) is 13.9. The number of nitrogens with one attached hydrogen (secondary N) is 1. The van der Waals surface area contributed by atoms with Gasteiger partial charge in [0.2, 0.25) is 0 Å². The monoisotopic (exact) mass is 612 g/mol. The lowest BCUT2D eigenvalue weighted by Gasteiger charge is -2.14. The number of rotatable bonds is 11. The van der Waals surface area contributed by atoms with Crippen LogP contribution >= 0.6 is 22.6 Å². The molecule has 3 rings (SSSR count). The maximum Gasteiger partial charge on any atom is 0.343 e. The Bertz CT molecular complexity index is 1300. The molecule has 0 aliphatic rings. The normalized spacial score (nSPS) is 10.7. The van der Waals surface area contributed by atoms with Crippen LogP contribution in [-0.4, -0.2) is 32.2 Å². The van der Waals surface area contributed by atoms with Crippen LogP contribution in [0.3, 0.4) is 0 Å². The minimum atomic E-state index is -0.556. The quantitative estimate of drug-likeness (QED) is 0.134. The molecular weight excluding hydrogens is 587 g/mol. The van der Waals surface area contributed by atoms with E-state index in [0.29, 0.717) is 45.3 Å². The van der Waals surface area contributed by atoms with E-state index in [1.807, 2.05) is 65.9 Å². The van der Waals surface area contributed by atoms with E-state index < -0.39 is 11.9 Å². The second-order valence-electron chi connectivity index (χ2n) is 7.55. The third-order valence-electron chi connectivity index (χ3n) is 4.93. The number of anilines is 1. The largest absolute Gasteiger partial charge is 0.490 e. The van der Waals surface area contributed by atoms with Crippen LogP contribution in [0.2, 0.25) is 0 Å². The summed E-state index contributed by atoms with van der Waals surface area (Å²) >= 11 is 2.04. The van der Waals surface area contributed by atoms with E-state index in [1.54, 1.807) is 36.4 Å². The minimum absolute atomic E-state index is 0.0918.